The van der Waals surface area contributed by atoms with Crippen LogP contribution in [0.4, 0.5) is 0 Å². The van der Waals surface area contributed by atoms with Crippen molar-refractivity contribution >= 4 is 0 Å². The molecule has 0 saturated carbocycles. The third kappa shape index (κ3) is 7.52. The van der Waals surface area contributed by atoms with Crippen LogP contribution in [0.3, 0.4) is 0 Å². The van der Waals surface area contributed by atoms with E-state index in [9.17, 15) is 0 Å². The lowest BCUT2D eigenvalue weighted by Crippen LogP contribution is -1.74. The topological polar surface area (TPSA) is 20.2 Å². The van der Waals surface area contributed by atoms with Gasteiger partial charge in [-0.1, -0.05) is 25.7 Å². The summed E-state index contributed by atoms with van der Waals surface area (Å²) in [5.41, 5.74) is 0. The SMILES string of the molecule is [2H][C@@H](O)C#CCCCCC. The molecule has 0 unspecified atom stereocenters. The van der Waals surface area contributed by atoms with E-state index in [0.29, 0.717) is 0 Å². The van der Waals surface area contributed by atoms with Crippen LogP contribution in [0.15, 0.2) is 0 Å². The van der Waals surface area contributed by atoms with E-state index in [2.05, 4.69) is 18.8 Å². The molecule has 0 aromatic heterocycles. The average molecular weight is 127 g/mol. The molecule has 0 amide bonds. The molecule has 0 rings (SSSR count). The summed E-state index contributed by atoms with van der Waals surface area (Å²) in [6.45, 7) is 0.925. The molecule has 0 aliphatic carbocycles. The van der Waals surface area contributed by atoms with Gasteiger partial charge in [0.1, 0.15) is 6.58 Å². The number of unbranched alkanes of at least 4 members (excludes halogenated alkanes) is 3. The van der Waals surface area contributed by atoms with Gasteiger partial charge in [0.25, 0.3) is 0 Å². The van der Waals surface area contributed by atoms with Gasteiger partial charge in [-0.2, -0.15) is 0 Å². The summed E-state index contributed by atoms with van der Waals surface area (Å²) >= 11 is 0. The molecule has 0 aliphatic heterocycles. The Labute approximate surface area is 58.5 Å². The summed E-state index contributed by atoms with van der Waals surface area (Å²) in [6, 6.07) is 0. The monoisotopic (exact) mass is 127 g/mol. The normalized spacial score (nSPS) is 13.3. The first-order valence-electron chi connectivity index (χ1n) is 3.93. The highest BCUT2D eigenvalue weighted by molar-refractivity contribution is 4.98. The van der Waals surface area contributed by atoms with E-state index < -0.39 is 6.58 Å². The molecular weight excluding hydrogens is 112 g/mol. The van der Waals surface area contributed by atoms with Crippen LogP contribution in [0.25, 0.3) is 0 Å². The molecule has 0 aromatic carbocycles. The molecule has 0 bridgehead atoms. The van der Waals surface area contributed by atoms with Gasteiger partial charge in [0, 0.05) is 6.42 Å². The number of hydrogen-bond acceptors (Lipinski definition) is 1. The zero-order chi connectivity index (χ0) is 7.82. The van der Waals surface area contributed by atoms with Crippen LogP contribution in [-0.4, -0.2) is 11.7 Å². The molecule has 1 N–H and O–H groups in total. The minimum Gasteiger partial charge on any atom is -0.384 e. The van der Waals surface area contributed by atoms with Crippen LogP contribution in [0.5, 0.6) is 0 Å². The maximum atomic E-state index is 8.40. The van der Waals surface area contributed by atoms with Gasteiger partial charge < -0.3 is 5.11 Å². The highest BCUT2D eigenvalue weighted by Gasteiger charge is 1.79. The fourth-order valence-corrected chi connectivity index (χ4v) is 0.581. The Morgan fingerprint density at radius 3 is 2.78 bits per heavy atom. The maximum Gasteiger partial charge on any atom is 0.104 e. The highest BCUT2D eigenvalue weighted by Crippen LogP contribution is 1.96. The molecule has 0 aromatic rings. The lowest BCUT2D eigenvalue weighted by atomic mass is 10.2. The predicted molar refractivity (Wildman–Crippen MR) is 39.0 cm³/mol. The molecule has 0 spiro atoms. The zero-order valence-corrected chi connectivity index (χ0v) is 5.85. The quantitative estimate of drug-likeness (QED) is 0.450. The first-order chi connectivity index (χ1) is 4.77. The van der Waals surface area contributed by atoms with Crippen molar-refractivity contribution in [3.63, 3.8) is 0 Å². The Bertz CT molecular complexity index is 121. The van der Waals surface area contributed by atoms with Crippen molar-refractivity contribution in [1.29, 1.82) is 0 Å². The minimum atomic E-state index is -1.21. The van der Waals surface area contributed by atoms with E-state index in [1.807, 2.05) is 0 Å². The van der Waals surface area contributed by atoms with E-state index in [4.69, 9.17) is 6.48 Å². The Morgan fingerprint density at radius 2 is 2.22 bits per heavy atom. The number of aliphatic hydroxyl groups excluding tert-OH is 1. The Morgan fingerprint density at radius 1 is 1.44 bits per heavy atom. The standard InChI is InChI=1S/C8H14O/c1-2-3-4-5-6-7-8-9/h9H,2-5,8H2,1H3/i8D/t8-/m1/s1. The molecule has 1 atom stereocenters. The van der Waals surface area contributed by atoms with Crippen LogP contribution in [0, 0.1) is 11.8 Å². The largest absolute Gasteiger partial charge is 0.384 e. The third-order valence-electron chi connectivity index (χ3n) is 1.07. The number of rotatable bonds is 3. The van der Waals surface area contributed by atoms with E-state index in [1.54, 1.807) is 0 Å². The molecule has 0 saturated heterocycles. The van der Waals surface area contributed by atoms with Crippen molar-refractivity contribution in [2.24, 2.45) is 0 Å². The molecule has 9 heavy (non-hydrogen) atoms. The summed E-state index contributed by atoms with van der Waals surface area (Å²) in [7, 11) is 0. The second-order valence-corrected chi connectivity index (χ2v) is 1.91. The second kappa shape index (κ2) is 7.52. The molecule has 1 nitrogen and oxygen atoms in total. The van der Waals surface area contributed by atoms with Crippen LogP contribution in [-0.2, 0) is 0 Å². The van der Waals surface area contributed by atoms with Gasteiger partial charge >= 0.3 is 0 Å². The van der Waals surface area contributed by atoms with Crippen LogP contribution in [0.1, 0.15) is 34.0 Å². The lowest BCUT2D eigenvalue weighted by Gasteiger charge is -1.87. The summed E-state index contributed by atoms with van der Waals surface area (Å²) < 4.78 is 6.64. The van der Waals surface area contributed by atoms with E-state index in [-0.39, 0.29) is 0 Å². The fourth-order valence-electron chi connectivity index (χ4n) is 0.581. The zero-order valence-electron chi connectivity index (χ0n) is 6.85. The fraction of sp³-hybridized carbons (Fsp3) is 0.750. The third-order valence-corrected chi connectivity index (χ3v) is 1.07. The van der Waals surface area contributed by atoms with Gasteiger partial charge in [0.15, 0.2) is 0 Å². The molecule has 0 heterocycles. The van der Waals surface area contributed by atoms with Gasteiger partial charge in [-0.15, -0.1) is 5.92 Å². The molecule has 1 heteroatoms. The summed E-state index contributed by atoms with van der Waals surface area (Å²) in [6.07, 6.45) is 4.26. The summed E-state index contributed by atoms with van der Waals surface area (Å²) in [4.78, 5) is 0. The van der Waals surface area contributed by atoms with Crippen molar-refractivity contribution in [3.8, 4) is 11.8 Å². The van der Waals surface area contributed by atoms with Gasteiger partial charge in [-0.3, -0.25) is 0 Å². The van der Waals surface area contributed by atoms with Crippen molar-refractivity contribution in [1.82, 2.24) is 0 Å². The molecule has 0 fully saturated rings. The summed E-state index contributed by atoms with van der Waals surface area (Å²) in [5, 5.41) is 8.40. The van der Waals surface area contributed by atoms with E-state index >= 15 is 0 Å². The van der Waals surface area contributed by atoms with Crippen LogP contribution < -0.4 is 0 Å². The van der Waals surface area contributed by atoms with Crippen molar-refractivity contribution in [2.75, 3.05) is 6.58 Å². The Kier molecular flexibility index (Phi) is 5.55. The van der Waals surface area contributed by atoms with Crippen LogP contribution in [0.2, 0.25) is 0 Å². The number of hydrogen-bond donors (Lipinski definition) is 1. The maximum absolute atomic E-state index is 8.40. The van der Waals surface area contributed by atoms with Crippen LogP contribution >= 0.6 is 0 Å². The van der Waals surface area contributed by atoms with Gasteiger partial charge in [0.2, 0.25) is 0 Å². The predicted octanol–water partition coefficient (Wildman–Crippen LogP) is 1.56. The molecule has 0 aliphatic rings. The van der Waals surface area contributed by atoms with Gasteiger partial charge in [-0.25, -0.2) is 0 Å². The minimum absolute atomic E-state index is 0.809. The average Bonchev–Trinajstić information content (AvgIpc) is 1.87. The Balaban J connectivity index is 3.12. The van der Waals surface area contributed by atoms with E-state index in [0.717, 1.165) is 12.8 Å². The highest BCUT2D eigenvalue weighted by atomic mass is 16.2. The molecular formula is C8H14O. The Hall–Kier alpha value is -0.480. The smallest absolute Gasteiger partial charge is 0.104 e. The van der Waals surface area contributed by atoms with Gasteiger partial charge in [0.05, 0.1) is 1.37 Å². The molecule has 0 radical (unpaired) electrons. The number of aliphatic hydroxyl groups is 1. The molecule has 52 valence electrons. The first kappa shape index (κ1) is 6.64. The first-order valence-corrected chi connectivity index (χ1v) is 3.36. The lowest BCUT2D eigenvalue weighted by molar-refractivity contribution is 0.350. The van der Waals surface area contributed by atoms with Gasteiger partial charge in [-0.05, 0) is 6.42 Å². The second-order valence-electron chi connectivity index (χ2n) is 1.91. The van der Waals surface area contributed by atoms with Crippen molar-refractivity contribution in [2.45, 2.75) is 32.6 Å². The summed E-state index contributed by atoms with van der Waals surface area (Å²) in [5.74, 6) is 5.11. The van der Waals surface area contributed by atoms with E-state index in [1.165, 1.54) is 12.8 Å². The van der Waals surface area contributed by atoms with Crippen molar-refractivity contribution < 1.29 is 6.48 Å². The van der Waals surface area contributed by atoms with Crippen molar-refractivity contribution in [3.05, 3.63) is 0 Å².